The molecule has 0 unspecified atom stereocenters. The molecule has 0 aromatic carbocycles. The van der Waals surface area contributed by atoms with Crippen LogP contribution in [0.4, 0.5) is 0 Å². The Morgan fingerprint density at radius 1 is 1.10 bits per heavy atom. The smallest absolute Gasteiger partial charge is 0.261 e. The number of hydrogen-bond acceptors (Lipinski definition) is 3. The van der Waals surface area contributed by atoms with Gasteiger partial charge in [-0.2, -0.15) is 0 Å². The van der Waals surface area contributed by atoms with E-state index in [1.807, 2.05) is 6.07 Å². The highest BCUT2D eigenvalue weighted by Gasteiger charge is 2.47. The molecule has 4 bridgehead atoms. The molecule has 2 N–H and O–H groups in total. The van der Waals surface area contributed by atoms with Gasteiger partial charge in [0.2, 0.25) is 0 Å². The second-order valence-electron chi connectivity index (χ2n) is 10.6. The fourth-order valence-electron chi connectivity index (χ4n) is 7.41. The summed E-state index contributed by atoms with van der Waals surface area (Å²) >= 11 is 0. The lowest BCUT2D eigenvalue weighted by atomic mass is 9.52. The molecule has 4 saturated carbocycles. The van der Waals surface area contributed by atoms with Crippen molar-refractivity contribution in [2.75, 3.05) is 13.1 Å². The van der Waals surface area contributed by atoms with E-state index in [1.165, 1.54) is 51.4 Å². The van der Waals surface area contributed by atoms with Crippen LogP contribution in [0, 0.1) is 29.6 Å². The van der Waals surface area contributed by atoms with Crippen molar-refractivity contribution in [1.82, 2.24) is 15.2 Å². The van der Waals surface area contributed by atoms with Gasteiger partial charge in [0.1, 0.15) is 5.56 Å². The highest BCUT2D eigenvalue weighted by atomic mass is 16.2. The van der Waals surface area contributed by atoms with E-state index in [0.29, 0.717) is 12.0 Å². The number of amides is 1. The largest absolute Gasteiger partial charge is 0.352 e. The van der Waals surface area contributed by atoms with Crippen molar-refractivity contribution in [1.29, 1.82) is 0 Å². The standard InChI is InChI=1S/C25H37N3O2/c1-2-21-5-3-4-8-28(21)15-20-6-7-22(25(30)27-20)24(29)26-14-23-18-10-16-9-17(12-18)13-19(23)11-16/h6-7,16-19,21,23H,2-5,8-15H2,1H3,(H,26,29)(H,27,30)/t16?,17?,18?,19?,21-,23?/m1/s1. The van der Waals surface area contributed by atoms with Crippen molar-refractivity contribution in [2.45, 2.75) is 77.3 Å². The minimum atomic E-state index is -0.250. The van der Waals surface area contributed by atoms with E-state index >= 15 is 0 Å². The van der Waals surface area contributed by atoms with Gasteiger partial charge in [0, 0.05) is 24.8 Å². The van der Waals surface area contributed by atoms with E-state index in [2.05, 4.69) is 22.1 Å². The number of likely N-dealkylation sites (tertiary alicyclic amines) is 1. The molecular formula is C25H37N3O2. The van der Waals surface area contributed by atoms with Gasteiger partial charge in [-0.15, -0.1) is 0 Å². The van der Waals surface area contributed by atoms with Crippen LogP contribution in [0.3, 0.4) is 0 Å². The molecule has 30 heavy (non-hydrogen) atoms. The summed E-state index contributed by atoms with van der Waals surface area (Å²) in [5, 5.41) is 3.12. The van der Waals surface area contributed by atoms with Gasteiger partial charge in [-0.05, 0) is 99.6 Å². The SMILES string of the molecule is CC[C@@H]1CCCCN1Cc1ccc(C(=O)NCC2C3CC4CC(C3)CC2C4)c(=O)[nH]1. The van der Waals surface area contributed by atoms with Crippen LogP contribution >= 0.6 is 0 Å². The number of carbonyl (C=O) groups excluding carboxylic acids is 1. The van der Waals surface area contributed by atoms with Crippen LogP contribution in [0.15, 0.2) is 16.9 Å². The number of hydrogen-bond donors (Lipinski definition) is 2. The van der Waals surface area contributed by atoms with Crippen LogP contribution in [0.25, 0.3) is 0 Å². The van der Waals surface area contributed by atoms with Crippen molar-refractivity contribution in [3.05, 3.63) is 33.7 Å². The molecular weight excluding hydrogens is 374 g/mol. The topological polar surface area (TPSA) is 65.2 Å². The van der Waals surface area contributed by atoms with E-state index in [4.69, 9.17) is 0 Å². The van der Waals surface area contributed by atoms with Crippen LogP contribution < -0.4 is 10.9 Å². The second kappa shape index (κ2) is 8.49. The predicted molar refractivity (Wildman–Crippen MR) is 118 cm³/mol. The van der Waals surface area contributed by atoms with Crippen LogP contribution in [0.1, 0.15) is 80.8 Å². The molecule has 1 aliphatic heterocycles. The average molecular weight is 412 g/mol. The van der Waals surface area contributed by atoms with Crippen molar-refractivity contribution in [3.8, 4) is 0 Å². The molecule has 5 heteroatoms. The lowest BCUT2D eigenvalue weighted by Crippen LogP contribution is -2.49. The number of aromatic nitrogens is 1. The molecule has 4 aliphatic carbocycles. The van der Waals surface area contributed by atoms with Gasteiger partial charge in [0.05, 0.1) is 0 Å². The third kappa shape index (κ3) is 3.98. The van der Waals surface area contributed by atoms with Gasteiger partial charge in [-0.3, -0.25) is 14.5 Å². The molecule has 5 nitrogen and oxygen atoms in total. The monoisotopic (exact) mass is 411 g/mol. The first-order chi connectivity index (χ1) is 14.6. The number of H-pyrrole nitrogens is 1. The van der Waals surface area contributed by atoms with Gasteiger partial charge in [0.25, 0.3) is 11.5 Å². The van der Waals surface area contributed by atoms with Crippen LogP contribution in [0.2, 0.25) is 0 Å². The van der Waals surface area contributed by atoms with Crippen LogP contribution in [0.5, 0.6) is 0 Å². The first-order valence-electron chi connectivity index (χ1n) is 12.3. The Morgan fingerprint density at radius 3 is 2.50 bits per heavy atom. The van der Waals surface area contributed by atoms with E-state index in [9.17, 15) is 9.59 Å². The Morgan fingerprint density at radius 2 is 1.83 bits per heavy atom. The van der Waals surface area contributed by atoms with E-state index < -0.39 is 0 Å². The number of pyridine rings is 1. The van der Waals surface area contributed by atoms with Gasteiger partial charge >= 0.3 is 0 Å². The summed E-state index contributed by atoms with van der Waals surface area (Å²) < 4.78 is 0. The van der Waals surface area contributed by atoms with Gasteiger partial charge < -0.3 is 10.3 Å². The molecule has 5 aliphatic rings. The van der Waals surface area contributed by atoms with E-state index in [-0.39, 0.29) is 17.0 Å². The summed E-state index contributed by atoms with van der Waals surface area (Å²) in [5.41, 5.74) is 0.923. The van der Waals surface area contributed by atoms with E-state index in [0.717, 1.165) is 55.4 Å². The number of nitrogens with one attached hydrogen (secondary N) is 2. The second-order valence-corrected chi connectivity index (χ2v) is 10.6. The molecule has 1 amide bonds. The predicted octanol–water partition coefficient (Wildman–Crippen LogP) is 3.94. The summed E-state index contributed by atoms with van der Waals surface area (Å²) in [7, 11) is 0. The third-order valence-electron chi connectivity index (χ3n) is 8.73. The molecule has 164 valence electrons. The quantitative estimate of drug-likeness (QED) is 0.745. The van der Waals surface area contributed by atoms with Crippen LogP contribution in [-0.2, 0) is 6.54 Å². The lowest BCUT2D eigenvalue weighted by molar-refractivity contribution is -0.0347. The molecule has 1 atom stereocenters. The van der Waals surface area contributed by atoms with Crippen molar-refractivity contribution >= 4 is 5.91 Å². The van der Waals surface area contributed by atoms with Crippen molar-refractivity contribution < 1.29 is 4.79 Å². The van der Waals surface area contributed by atoms with Gasteiger partial charge in [-0.1, -0.05) is 13.3 Å². The first kappa shape index (κ1) is 20.3. The fraction of sp³-hybridized carbons (Fsp3) is 0.760. The Kier molecular flexibility index (Phi) is 5.74. The summed E-state index contributed by atoms with van der Waals surface area (Å²) in [6, 6.07) is 4.26. The zero-order valence-corrected chi connectivity index (χ0v) is 18.4. The maximum atomic E-state index is 12.8. The summed E-state index contributed by atoms with van der Waals surface area (Å²) in [4.78, 5) is 30.8. The Bertz CT molecular complexity index is 804. The zero-order valence-electron chi connectivity index (χ0n) is 18.4. The Hall–Kier alpha value is -1.62. The minimum Gasteiger partial charge on any atom is -0.352 e. The lowest BCUT2D eigenvalue weighted by Gasteiger charge is -2.54. The molecule has 0 radical (unpaired) electrons. The number of carbonyl (C=O) groups is 1. The maximum absolute atomic E-state index is 12.8. The molecule has 5 fully saturated rings. The van der Waals surface area contributed by atoms with Crippen molar-refractivity contribution in [2.24, 2.45) is 29.6 Å². The van der Waals surface area contributed by atoms with Crippen LogP contribution in [-0.4, -0.2) is 34.9 Å². The van der Waals surface area contributed by atoms with Crippen molar-refractivity contribution in [3.63, 3.8) is 0 Å². The number of nitrogens with zero attached hydrogens (tertiary/aromatic N) is 1. The molecule has 2 heterocycles. The molecule has 1 saturated heterocycles. The molecule has 1 aromatic rings. The Labute approximate surface area is 180 Å². The number of piperidine rings is 1. The molecule has 1 aromatic heterocycles. The first-order valence-corrected chi connectivity index (χ1v) is 12.3. The average Bonchev–Trinajstić information content (AvgIpc) is 2.73. The minimum absolute atomic E-state index is 0.207. The Balaban J connectivity index is 1.19. The number of rotatable bonds is 6. The summed E-state index contributed by atoms with van der Waals surface area (Å²) in [6.07, 6.45) is 11.8. The number of aromatic amines is 1. The van der Waals surface area contributed by atoms with Gasteiger partial charge in [0.15, 0.2) is 0 Å². The van der Waals surface area contributed by atoms with Gasteiger partial charge in [-0.25, -0.2) is 0 Å². The molecule has 6 rings (SSSR count). The third-order valence-corrected chi connectivity index (χ3v) is 8.73. The highest BCUT2D eigenvalue weighted by molar-refractivity contribution is 5.93. The maximum Gasteiger partial charge on any atom is 0.261 e. The molecule has 0 spiro atoms. The van der Waals surface area contributed by atoms with E-state index in [1.54, 1.807) is 6.07 Å². The normalized spacial score (nSPS) is 35.5. The highest BCUT2D eigenvalue weighted by Crippen LogP contribution is 2.56. The summed E-state index contributed by atoms with van der Waals surface area (Å²) in [5.74, 6) is 3.88. The zero-order chi connectivity index (χ0) is 20.7. The summed E-state index contributed by atoms with van der Waals surface area (Å²) in [6.45, 7) is 4.83. The fourth-order valence-corrected chi connectivity index (χ4v) is 7.41.